The van der Waals surface area contributed by atoms with E-state index < -0.39 is 10.0 Å². The van der Waals surface area contributed by atoms with Gasteiger partial charge in [0.2, 0.25) is 10.0 Å². The molecule has 2 aromatic rings. The van der Waals surface area contributed by atoms with E-state index >= 15 is 0 Å². The Morgan fingerprint density at radius 2 is 2.23 bits per heavy atom. The highest BCUT2D eigenvalue weighted by atomic mass is 32.2. The predicted octanol–water partition coefficient (Wildman–Crippen LogP) is 1.94. The molecule has 0 saturated carbocycles. The number of ether oxygens (including phenoxy) is 2. The van der Waals surface area contributed by atoms with Crippen molar-refractivity contribution < 1.29 is 17.9 Å². The van der Waals surface area contributed by atoms with Crippen LogP contribution in [0.2, 0.25) is 0 Å². The van der Waals surface area contributed by atoms with Crippen LogP contribution in [0.4, 0.5) is 0 Å². The lowest BCUT2D eigenvalue weighted by atomic mass is 10.2. The fourth-order valence-corrected chi connectivity index (χ4v) is 4.43. The van der Waals surface area contributed by atoms with E-state index in [2.05, 4.69) is 4.98 Å². The smallest absolute Gasteiger partial charge is 0.238 e. The topological polar surface area (TPSA) is 68.7 Å². The average Bonchev–Trinajstić information content (AvgIpc) is 2.98. The summed E-state index contributed by atoms with van der Waals surface area (Å²) in [5.41, 5.74) is 0.908. The number of nitrogens with zero attached hydrogens (tertiary/aromatic N) is 2. The lowest BCUT2D eigenvalue weighted by molar-refractivity contribution is 0.131. The molecule has 0 atom stereocenters. The van der Waals surface area contributed by atoms with Crippen molar-refractivity contribution in [1.82, 2.24) is 9.29 Å². The molecule has 22 heavy (non-hydrogen) atoms. The summed E-state index contributed by atoms with van der Waals surface area (Å²) in [4.78, 5) is 5.29. The zero-order chi connectivity index (χ0) is 15.6. The molecule has 0 radical (unpaired) electrons. The fraction of sp³-hybridized carbons (Fsp3) is 0.357. The van der Waals surface area contributed by atoms with E-state index in [-0.39, 0.29) is 5.94 Å². The van der Waals surface area contributed by atoms with Gasteiger partial charge in [-0.3, -0.25) is 0 Å². The zero-order valence-corrected chi connectivity index (χ0v) is 13.7. The van der Waals surface area contributed by atoms with Crippen LogP contribution in [0.15, 0.2) is 30.5 Å². The number of hydrogen-bond acceptors (Lipinski definition) is 6. The monoisotopic (exact) mass is 340 g/mol. The first-order chi connectivity index (χ1) is 10.6. The van der Waals surface area contributed by atoms with Crippen LogP contribution in [0.3, 0.4) is 0 Å². The number of sulfonamides is 1. The van der Waals surface area contributed by atoms with Crippen molar-refractivity contribution in [3.05, 3.63) is 35.3 Å². The van der Waals surface area contributed by atoms with Crippen molar-refractivity contribution in [2.24, 2.45) is 0 Å². The van der Waals surface area contributed by atoms with Gasteiger partial charge in [-0.15, -0.1) is 11.3 Å². The summed E-state index contributed by atoms with van der Waals surface area (Å²) in [6, 6.07) is 7.64. The van der Waals surface area contributed by atoms with Crippen molar-refractivity contribution in [1.29, 1.82) is 0 Å². The number of rotatable bonds is 4. The number of hydrogen-bond donors (Lipinski definition) is 0. The first-order valence-electron chi connectivity index (χ1n) is 6.74. The summed E-state index contributed by atoms with van der Waals surface area (Å²) in [6.07, 6.45) is 1.72. The van der Waals surface area contributed by atoms with Crippen molar-refractivity contribution >= 4 is 21.4 Å². The average molecular weight is 340 g/mol. The van der Waals surface area contributed by atoms with Crippen LogP contribution in [-0.2, 0) is 21.3 Å². The normalized spacial score (nSPS) is 18.2. The minimum atomic E-state index is -3.32. The lowest BCUT2D eigenvalue weighted by Gasteiger charge is -2.25. The van der Waals surface area contributed by atoms with Crippen LogP contribution in [0.25, 0.3) is 10.6 Å². The number of para-hydroxylation sites is 1. The summed E-state index contributed by atoms with van der Waals surface area (Å²) in [7, 11) is -1.71. The van der Waals surface area contributed by atoms with Gasteiger partial charge in [-0.1, -0.05) is 12.1 Å². The number of thiazole rings is 1. The van der Waals surface area contributed by atoms with Crippen molar-refractivity contribution in [2.45, 2.75) is 6.54 Å². The lowest BCUT2D eigenvalue weighted by Crippen LogP contribution is -2.40. The van der Waals surface area contributed by atoms with Crippen molar-refractivity contribution in [2.75, 3.05) is 26.2 Å². The molecule has 1 saturated heterocycles. The molecule has 1 aromatic carbocycles. The van der Waals surface area contributed by atoms with Gasteiger partial charge in [0.1, 0.15) is 10.8 Å². The minimum absolute atomic E-state index is 0.245. The third kappa shape index (κ3) is 3.14. The van der Waals surface area contributed by atoms with Gasteiger partial charge in [0.05, 0.1) is 19.3 Å². The van der Waals surface area contributed by atoms with Gasteiger partial charge in [0.15, 0.2) is 5.94 Å². The maximum absolute atomic E-state index is 11.9. The minimum Gasteiger partial charge on any atom is -0.496 e. The molecular formula is C14H16N2O4S2. The van der Waals surface area contributed by atoms with Crippen LogP contribution in [-0.4, -0.2) is 43.9 Å². The van der Waals surface area contributed by atoms with Gasteiger partial charge in [-0.2, -0.15) is 4.31 Å². The molecule has 0 bridgehead atoms. The van der Waals surface area contributed by atoms with Gasteiger partial charge >= 0.3 is 0 Å². The van der Waals surface area contributed by atoms with E-state index in [0.717, 1.165) is 21.2 Å². The predicted molar refractivity (Wildman–Crippen MR) is 84.3 cm³/mol. The summed E-state index contributed by atoms with van der Waals surface area (Å²) < 4.78 is 35.6. The fourth-order valence-electron chi connectivity index (χ4n) is 2.22. The molecule has 0 aliphatic carbocycles. The standard InChI is InChI=1S/C14H16N2O4S2/c1-19-13-5-3-2-4-12(13)14-15-8-11(21-14)9-16-6-7-20-10-22(16,17)18/h2-5,8H,6-7,9-10H2,1H3. The van der Waals surface area contributed by atoms with Crippen LogP contribution in [0.1, 0.15) is 4.88 Å². The second-order valence-electron chi connectivity index (χ2n) is 4.80. The Morgan fingerprint density at radius 3 is 3.00 bits per heavy atom. The Kier molecular flexibility index (Phi) is 4.44. The maximum Gasteiger partial charge on any atom is 0.238 e. The van der Waals surface area contributed by atoms with Gasteiger partial charge in [-0.05, 0) is 12.1 Å². The molecule has 1 aromatic heterocycles. The Labute approximate surface area is 133 Å². The van der Waals surface area contributed by atoms with Crippen LogP contribution >= 0.6 is 11.3 Å². The molecule has 118 valence electrons. The molecule has 2 heterocycles. The number of methoxy groups -OCH3 is 1. The molecule has 0 unspecified atom stereocenters. The molecule has 6 nitrogen and oxygen atoms in total. The van der Waals surface area contributed by atoms with Crippen LogP contribution in [0.5, 0.6) is 5.75 Å². The van der Waals surface area contributed by atoms with E-state index in [1.165, 1.54) is 15.6 Å². The quantitative estimate of drug-likeness (QED) is 0.851. The first kappa shape index (κ1) is 15.4. The Bertz CT molecular complexity index is 758. The van der Waals surface area contributed by atoms with Crippen molar-refractivity contribution in [3.8, 4) is 16.3 Å². The SMILES string of the molecule is COc1ccccc1-c1ncc(CN2CCOCS2(=O)=O)s1. The molecule has 0 amide bonds. The van der Waals surface area contributed by atoms with Gasteiger partial charge in [0, 0.05) is 24.2 Å². The molecule has 8 heteroatoms. The summed E-state index contributed by atoms with van der Waals surface area (Å²) >= 11 is 1.47. The molecule has 1 aliphatic rings. The third-order valence-corrected chi connectivity index (χ3v) is 5.91. The van der Waals surface area contributed by atoms with Crippen LogP contribution < -0.4 is 4.74 Å². The molecule has 1 fully saturated rings. The van der Waals surface area contributed by atoms with E-state index in [9.17, 15) is 8.42 Å². The van der Waals surface area contributed by atoms with Gasteiger partial charge in [0.25, 0.3) is 0 Å². The first-order valence-corrected chi connectivity index (χ1v) is 9.16. The highest BCUT2D eigenvalue weighted by Gasteiger charge is 2.27. The molecule has 0 spiro atoms. The second kappa shape index (κ2) is 6.33. The van der Waals surface area contributed by atoms with E-state index in [0.29, 0.717) is 19.7 Å². The Hall–Kier alpha value is -1.48. The Morgan fingerprint density at radius 1 is 1.41 bits per heavy atom. The van der Waals surface area contributed by atoms with E-state index in [1.807, 2.05) is 24.3 Å². The second-order valence-corrected chi connectivity index (χ2v) is 7.83. The maximum atomic E-state index is 11.9. The molecular weight excluding hydrogens is 324 g/mol. The van der Waals surface area contributed by atoms with Gasteiger partial charge in [-0.25, -0.2) is 13.4 Å². The summed E-state index contributed by atoms with van der Waals surface area (Å²) in [5.74, 6) is 0.507. The van der Waals surface area contributed by atoms with Crippen LogP contribution in [0, 0.1) is 0 Å². The molecule has 1 aliphatic heterocycles. The highest BCUT2D eigenvalue weighted by Crippen LogP contribution is 2.33. The van der Waals surface area contributed by atoms with E-state index in [4.69, 9.17) is 9.47 Å². The van der Waals surface area contributed by atoms with Crippen molar-refractivity contribution in [3.63, 3.8) is 0 Å². The largest absolute Gasteiger partial charge is 0.496 e. The third-order valence-electron chi connectivity index (χ3n) is 3.33. The summed E-state index contributed by atoms with van der Waals surface area (Å²) in [5, 5.41) is 0.818. The van der Waals surface area contributed by atoms with Gasteiger partial charge < -0.3 is 9.47 Å². The number of aromatic nitrogens is 1. The molecule has 0 N–H and O–H groups in total. The molecule has 3 rings (SSSR count). The zero-order valence-electron chi connectivity index (χ0n) is 12.1. The summed E-state index contributed by atoms with van der Waals surface area (Å²) in [6.45, 7) is 1.14. The Balaban J connectivity index is 1.82. The highest BCUT2D eigenvalue weighted by molar-refractivity contribution is 7.88. The van der Waals surface area contributed by atoms with E-state index in [1.54, 1.807) is 13.3 Å². The number of benzene rings is 1.